The number of carboxylic acids is 1. The Labute approximate surface area is 118 Å². The van der Waals surface area contributed by atoms with Gasteiger partial charge in [0.25, 0.3) is 0 Å². The summed E-state index contributed by atoms with van der Waals surface area (Å²) in [6.45, 7) is 1.76. The summed E-state index contributed by atoms with van der Waals surface area (Å²) in [5, 5.41) is 17.7. The van der Waals surface area contributed by atoms with Crippen molar-refractivity contribution in [2.75, 3.05) is 6.54 Å². The van der Waals surface area contributed by atoms with Crippen LogP contribution in [0.1, 0.15) is 43.4 Å². The average Bonchev–Trinajstić information content (AvgIpc) is 2.46. The van der Waals surface area contributed by atoms with Crippen LogP contribution in [0.5, 0.6) is 0 Å². The highest BCUT2D eigenvalue weighted by Crippen LogP contribution is 2.23. The van der Waals surface area contributed by atoms with Crippen LogP contribution >= 0.6 is 0 Å². The first kappa shape index (κ1) is 14.5. The molecule has 0 aromatic carbocycles. The summed E-state index contributed by atoms with van der Waals surface area (Å²) in [6.07, 6.45) is 5.96. The van der Waals surface area contributed by atoms with E-state index in [9.17, 15) is 4.79 Å². The maximum Gasteiger partial charge on any atom is 0.303 e. The summed E-state index contributed by atoms with van der Waals surface area (Å²) in [7, 11) is 0. The minimum Gasteiger partial charge on any atom is -0.481 e. The number of carboxylic acid groups (broad SMARTS) is 1. The molecule has 1 aliphatic rings. The van der Waals surface area contributed by atoms with Gasteiger partial charge in [0.1, 0.15) is 11.8 Å². The zero-order valence-electron chi connectivity index (χ0n) is 11.5. The minimum absolute atomic E-state index is 0.223. The highest BCUT2D eigenvalue weighted by atomic mass is 16.4. The van der Waals surface area contributed by atoms with Gasteiger partial charge in [0, 0.05) is 25.2 Å². The molecule has 1 aliphatic heterocycles. The van der Waals surface area contributed by atoms with Crippen molar-refractivity contribution >= 4 is 5.97 Å². The maximum atomic E-state index is 10.7. The molecule has 1 saturated heterocycles. The van der Waals surface area contributed by atoms with E-state index in [1.54, 1.807) is 6.20 Å². The molecular formula is C15H19N3O2. The molecule has 5 nitrogen and oxygen atoms in total. The third-order valence-corrected chi connectivity index (χ3v) is 3.77. The number of likely N-dealkylation sites (tertiary alicyclic amines) is 1. The van der Waals surface area contributed by atoms with Crippen molar-refractivity contribution in [2.45, 2.75) is 44.7 Å². The van der Waals surface area contributed by atoms with Gasteiger partial charge in [-0.15, -0.1) is 0 Å². The van der Waals surface area contributed by atoms with Crippen molar-refractivity contribution in [3.8, 4) is 6.07 Å². The number of piperidine rings is 1. The summed E-state index contributed by atoms with van der Waals surface area (Å²) in [5.74, 6) is -0.730. The summed E-state index contributed by atoms with van der Waals surface area (Å²) in [4.78, 5) is 17.0. The van der Waals surface area contributed by atoms with E-state index in [1.165, 1.54) is 6.42 Å². The predicted octanol–water partition coefficient (Wildman–Crippen LogP) is 2.17. The minimum atomic E-state index is -0.730. The molecule has 20 heavy (non-hydrogen) atoms. The van der Waals surface area contributed by atoms with E-state index in [4.69, 9.17) is 10.4 Å². The number of aliphatic carboxylic acids is 1. The largest absolute Gasteiger partial charge is 0.481 e. The highest BCUT2D eigenvalue weighted by molar-refractivity contribution is 5.66. The van der Waals surface area contributed by atoms with Gasteiger partial charge in [-0.3, -0.25) is 9.69 Å². The lowest BCUT2D eigenvalue weighted by molar-refractivity contribution is -0.137. The molecule has 2 heterocycles. The zero-order chi connectivity index (χ0) is 14.4. The number of nitrogens with zero attached hydrogens (tertiary/aromatic N) is 3. The van der Waals surface area contributed by atoms with Crippen molar-refractivity contribution in [3.63, 3.8) is 0 Å². The van der Waals surface area contributed by atoms with E-state index in [1.807, 2.05) is 18.2 Å². The molecule has 5 heteroatoms. The van der Waals surface area contributed by atoms with E-state index < -0.39 is 5.97 Å². The Balaban J connectivity index is 2.00. The second kappa shape index (κ2) is 7.01. The number of carbonyl (C=O) groups is 1. The first-order chi connectivity index (χ1) is 9.69. The summed E-state index contributed by atoms with van der Waals surface area (Å²) >= 11 is 0. The van der Waals surface area contributed by atoms with Crippen LogP contribution in [0, 0.1) is 11.3 Å². The average molecular weight is 273 g/mol. The highest BCUT2D eigenvalue weighted by Gasteiger charge is 2.23. The summed E-state index contributed by atoms with van der Waals surface area (Å²) in [5.41, 5.74) is 1.50. The first-order valence-electron chi connectivity index (χ1n) is 7.00. The Kier molecular flexibility index (Phi) is 5.08. The number of pyridine rings is 1. The molecule has 0 radical (unpaired) electrons. The van der Waals surface area contributed by atoms with Crippen LogP contribution in [-0.4, -0.2) is 33.5 Å². The molecule has 2 rings (SSSR count). The second-order valence-corrected chi connectivity index (χ2v) is 5.21. The van der Waals surface area contributed by atoms with Gasteiger partial charge in [-0.25, -0.2) is 4.98 Å². The molecule has 0 bridgehead atoms. The Hall–Kier alpha value is -1.93. The molecule has 106 valence electrons. The monoisotopic (exact) mass is 273 g/mol. The fourth-order valence-electron chi connectivity index (χ4n) is 2.75. The van der Waals surface area contributed by atoms with Crippen LogP contribution in [-0.2, 0) is 11.3 Å². The molecule has 0 amide bonds. The molecule has 1 atom stereocenters. The molecular weight excluding hydrogens is 254 g/mol. The van der Waals surface area contributed by atoms with Crippen molar-refractivity contribution in [2.24, 2.45) is 0 Å². The Morgan fingerprint density at radius 1 is 1.55 bits per heavy atom. The van der Waals surface area contributed by atoms with E-state index in [-0.39, 0.29) is 6.42 Å². The smallest absolute Gasteiger partial charge is 0.303 e. The zero-order valence-corrected chi connectivity index (χ0v) is 11.5. The van der Waals surface area contributed by atoms with E-state index >= 15 is 0 Å². The number of rotatable bonds is 5. The normalized spacial score (nSPS) is 19.4. The van der Waals surface area contributed by atoms with Gasteiger partial charge in [-0.1, -0.05) is 6.42 Å². The number of hydrogen-bond acceptors (Lipinski definition) is 4. The van der Waals surface area contributed by atoms with Gasteiger partial charge in [0.2, 0.25) is 0 Å². The molecule has 0 spiro atoms. The van der Waals surface area contributed by atoms with Crippen LogP contribution in [0.2, 0.25) is 0 Å². The van der Waals surface area contributed by atoms with Crippen molar-refractivity contribution in [3.05, 3.63) is 29.6 Å². The van der Waals surface area contributed by atoms with E-state index in [0.717, 1.165) is 31.5 Å². The predicted molar refractivity (Wildman–Crippen MR) is 73.9 cm³/mol. The Morgan fingerprint density at radius 2 is 2.40 bits per heavy atom. The van der Waals surface area contributed by atoms with E-state index in [2.05, 4.69) is 9.88 Å². The van der Waals surface area contributed by atoms with Crippen LogP contribution < -0.4 is 0 Å². The molecule has 1 aromatic heterocycles. The maximum absolute atomic E-state index is 10.7. The molecule has 1 aromatic rings. The van der Waals surface area contributed by atoms with Crippen molar-refractivity contribution in [1.82, 2.24) is 9.88 Å². The topological polar surface area (TPSA) is 77.2 Å². The van der Waals surface area contributed by atoms with Gasteiger partial charge < -0.3 is 5.11 Å². The third kappa shape index (κ3) is 4.04. The fraction of sp³-hybridized carbons (Fsp3) is 0.533. The van der Waals surface area contributed by atoms with Crippen molar-refractivity contribution < 1.29 is 9.90 Å². The molecule has 1 N–H and O–H groups in total. The number of aromatic nitrogens is 1. The summed E-state index contributed by atoms with van der Waals surface area (Å²) < 4.78 is 0. The van der Waals surface area contributed by atoms with Gasteiger partial charge in [-0.2, -0.15) is 5.26 Å². The van der Waals surface area contributed by atoms with Gasteiger partial charge in [0.05, 0.1) is 0 Å². The van der Waals surface area contributed by atoms with Crippen LogP contribution in [0.25, 0.3) is 0 Å². The lowest BCUT2D eigenvalue weighted by atomic mass is 9.97. The van der Waals surface area contributed by atoms with Crippen LogP contribution in [0.3, 0.4) is 0 Å². The van der Waals surface area contributed by atoms with Crippen LogP contribution in [0.4, 0.5) is 0 Å². The quantitative estimate of drug-likeness (QED) is 0.889. The molecule has 1 fully saturated rings. The van der Waals surface area contributed by atoms with E-state index in [0.29, 0.717) is 18.2 Å². The SMILES string of the molecule is N#Cc1cc(CN2CCCCC2CCC(=O)O)ccn1. The first-order valence-corrected chi connectivity index (χ1v) is 7.00. The molecule has 1 unspecified atom stereocenters. The van der Waals surface area contributed by atoms with Gasteiger partial charge >= 0.3 is 5.97 Å². The lowest BCUT2D eigenvalue weighted by Gasteiger charge is -2.35. The molecule has 0 saturated carbocycles. The second-order valence-electron chi connectivity index (χ2n) is 5.21. The fourth-order valence-corrected chi connectivity index (χ4v) is 2.75. The summed E-state index contributed by atoms with van der Waals surface area (Å²) in [6, 6.07) is 6.11. The number of hydrogen-bond donors (Lipinski definition) is 1. The third-order valence-electron chi connectivity index (χ3n) is 3.77. The Morgan fingerprint density at radius 3 is 3.15 bits per heavy atom. The van der Waals surface area contributed by atoms with Gasteiger partial charge in [0.15, 0.2) is 0 Å². The van der Waals surface area contributed by atoms with Gasteiger partial charge in [-0.05, 0) is 43.5 Å². The Bertz CT molecular complexity index is 510. The standard InChI is InChI=1S/C15H19N3O2/c16-10-13-9-12(6-7-17-13)11-18-8-2-1-3-14(18)4-5-15(19)20/h6-7,9,14H,1-5,8,11H2,(H,19,20). The molecule has 0 aliphatic carbocycles. The lowest BCUT2D eigenvalue weighted by Crippen LogP contribution is -2.39. The number of nitriles is 1. The van der Waals surface area contributed by atoms with Crippen LogP contribution in [0.15, 0.2) is 18.3 Å². The van der Waals surface area contributed by atoms with Crippen molar-refractivity contribution in [1.29, 1.82) is 5.26 Å².